The molecule has 3 atom stereocenters. The molecule has 0 aromatic carbocycles. The number of carbonyl (C=O) groups is 2. The number of nitrogens with one attached hydrogen (secondary N) is 1. The molecule has 2 rings (SSSR count). The number of rotatable bonds is 3. The second-order valence-electron chi connectivity index (χ2n) is 7.56. The Labute approximate surface area is 127 Å². The Balaban J connectivity index is 2.02. The predicted octanol–water partition coefficient (Wildman–Crippen LogP) is 2.85. The van der Waals surface area contributed by atoms with Gasteiger partial charge in [0.1, 0.15) is 0 Å². The number of hydrogen-bond acceptors (Lipinski definition) is 2. The summed E-state index contributed by atoms with van der Waals surface area (Å²) in [6.45, 7) is 6.71. The van der Waals surface area contributed by atoms with E-state index in [0.717, 1.165) is 19.4 Å². The highest BCUT2D eigenvalue weighted by molar-refractivity contribution is 5.76. The van der Waals surface area contributed by atoms with Gasteiger partial charge in [-0.15, -0.1) is 0 Å². The van der Waals surface area contributed by atoms with Crippen molar-refractivity contribution in [3.63, 3.8) is 0 Å². The van der Waals surface area contributed by atoms with Gasteiger partial charge in [0.15, 0.2) is 0 Å². The fourth-order valence-corrected chi connectivity index (χ4v) is 3.69. The van der Waals surface area contributed by atoms with Gasteiger partial charge in [-0.1, -0.05) is 27.2 Å². The number of hydrogen-bond donors (Lipinski definition) is 2. The van der Waals surface area contributed by atoms with E-state index in [9.17, 15) is 9.59 Å². The molecule has 1 saturated heterocycles. The van der Waals surface area contributed by atoms with Crippen LogP contribution in [-0.2, 0) is 4.79 Å². The number of carboxylic acid groups (broad SMARTS) is 1. The van der Waals surface area contributed by atoms with E-state index >= 15 is 0 Å². The van der Waals surface area contributed by atoms with Crippen molar-refractivity contribution in [3.8, 4) is 0 Å². The van der Waals surface area contributed by atoms with Gasteiger partial charge in [-0.05, 0) is 37.0 Å². The highest BCUT2D eigenvalue weighted by Gasteiger charge is 2.38. The summed E-state index contributed by atoms with van der Waals surface area (Å²) in [5.74, 6) is -0.218. The molecule has 0 bridgehead atoms. The van der Waals surface area contributed by atoms with Crippen LogP contribution >= 0.6 is 0 Å². The first-order chi connectivity index (χ1) is 9.79. The third kappa shape index (κ3) is 3.89. The molecule has 3 unspecified atom stereocenters. The number of aliphatic carboxylic acids is 1. The average Bonchev–Trinajstić information content (AvgIpc) is 2.84. The van der Waals surface area contributed by atoms with Crippen molar-refractivity contribution in [2.45, 2.75) is 71.4 Å². The number of likely N-dealkylation sites (tertiary alicyclic amines) is 1. The smallest absolute Gasteiger partial charge is 0.317 e. The molecule has 0 spiro atoms. The summed E-state index contributed by atoms with van der Waals surface area (Å²) in [5, 5.41) is 12.0. The molecule has 2 fully saturated rings. The number of carbonyl (C=O) groups excluding carboxylic acids is 1. The monoisotopic (exact) mass is 296 g/mol. The van der Waals surface area contributed by atoms with Gasteiger partial charge in [0.25, 0.3) is 0 Å². The number of amides is 2. The quantitative estimate of drug-likeness (QED) is 0.841. The molecule has 120 valence electrons. The Morgan fingerprint density at radius 3 is 2.52 bits per heavy atom. The van der Waals surface area contributed by atoms with Gasteiger partial charge in [0, 0.05) is 18.6 Å². The van der Waals surface area contributed by atoms with E-state index in [4.69, 9.17) is 5.11 Å². The molecule has 0 aromatic rings. The van der Waals surface area contributed by atoms with Crippen LogP contribution in [0.2, 0.25) is 0 Å². The lowest BCUT2D eigenvalue weighted by atomic mass is 9.84. The standard InChI is InChI=1S/C16H28N2O3/c1-16(2,3)13(10-14(19)20)17-15(21)18-9-5-7-11-6-4-8-12(11)18/h11-13H,4-10H2,1-3H3,(H,17,21)(H,19,20). The fourth-order valence-electron chi connectivity index (χ4n) is 3.69. The molecule has 1 saturated carbocycles. The molecular formula is C16H28N2O3. The number of nitrogens with zero attached hydrogens (tertiary/aromatic N) is 1. The van der Waals surface area contributed by atoms with Gasteiger partial charge in [-0.25, -0.2) is 4.79 Å². The zero-order chi connectivity index (χ0) is 15.6. The van der Waals surface area contributed by atoms with E-state index < -0.39 is 5.97 Å². The highest BCUT2D eigenvalue weighted by atomic mass is 16.4. The van der Waals surface area contributed by atoms with Crippen molar-refractivity contribution in [2.24, 2.45) is 11.3 Å². The molecule has 2 aliphatic rings. The Bertz CT molecular complexity index is 403. The molecule has 5 nitrogen and oxygen atoms in total. The molecule has 2 N–H and O–H groups in total. The lowest BCUT2D eigenvalue weighted by molar-refractivity contribution is -0.138. The van der Waals surface area contributed by atoms with Crippen LogP contribution in [0.15, 0.2) is 0 Å². The van der Waals surface area contributed by atoms with Crippen LogP contribution in [0.5, 0.6) is 0 Å². The van der Waals surface area contributed by atoms with Gasteiger partial charge in [0.05, 0.1) is 6.42 Å². The Morgan fingerprint density at radius 2 is 1.90 bits per heavy atom. The van der Waals surface area contributed by atoms with E-state index in [1.807, 2.05) is 25.7 Å². The fraction of sp³-hybridized carbons (Fsp3) is 0.875. The lowest BCUT2D eigenvalue weighted by Gasteiger charge is -2.40. The topological polar surface area (TPSA) is 69.6 Å². The minimum Gasteiger partial charge on any atom is -0.481 e. The van der Waals surface area contributed by atoms with E-state index in [-0.39, 0.29) is 23.9 Å². The van der Waals surface area contributed by atoms with Crippen LogP contribution in [0.1, 0.15) is 59.3 Å². The zero-order valence-corrected chi connectivity index (χ0v) is 13.4. The van der Waals surface area contributed by atoms with Crippen LogP contribution in [0.4, 0.5) is 4.79 Å². The third-order valence-electron chi connectivity index (χ3n) is 4.98. The lowest BCUT2D eigenvalue weighted by Crippen LogP contribution is -2.55. The molecule has 0 aromatic heterocycles. The minimum absolute atomic E-state index is 0.0306. The first-order valence-electron chi connectivity index (χ1n) is 8.08. The van der Waals surface area contributed by atoms with Crippen molar-refractivity contribution in [1.29, 1.82) is 0 Å². The summed E-state index contributed by atoms with van der Waals surface area (Å²) in [5.41, 5.74) is -0.265. The summed E-state index contributed by atoms with van der Waals surface area (Å²) in [7, 11) is 0. The van der Waals surface area contributed by atoms with Gasteiger partial charge in [-0.3, -0.25) is 4.79 Å². The second kappa shape index (κ2) is 6.24. The van der Waals surface area contributed by atoms with Gasteiger partial charge in [-0.2, -0.15) is 0 Å². The first kappa shape index (κ1) is 16.1. The maximum Gasteiger partial charge on any atom is 0.317 e. The van der Waals surface area contributed by atoms with E-state index in [1.165, 1.54) is 19.3 Å². The molecule has 0 radical (unpaired) electrons. The second-order valence-corrected chi connectivity index (χ2v) is 7.56. The molecular weight excluding hydrogens is 268 g/mol. The maximum absolute atomic E-state index is 12.6. The van der Waals surface area contributed by atoms with Crippen LogP contribution in [0, 0.1) is 11.3 Å². The molecule has 1 aliphatic carbocycles. The van der Waals surface area contributed by atoms with Gasteiger partial charge in [0.2, 0.25) is 0 Å². The zero-order valence-electron chi connectivity index (χ0n) is 13.4. The van der Waals surface area contributed by atoms with Gasteiger partial charge < -0.3 is 15.3 Å². The van der Waals surface area contributed by atoms with Crippen molar-refractivity contribution >= 4 is 12.0 Å². The van der Waals surface area contributed by atoms with Gasteiger partial charge >= 0.3 is 12.0 Å². The van der Waals surface area contributed by atoms with E-state index in [2.05, 4.69) is 5.32 Å². The Morgan fingerprint density at radius 1 is 1.24 bits per heavy atom. The van der Waals surface area contributed by atoms with Crippen molar-refractivity contribution in [3.05, 3.63) is 0 Å². The molecule has 2 amide bonds. The van der Waals surface area contributed by atoms with Crippen LogP contribution in [0.25, 0.3) is 0 Å². The Kier molecular flexibility index (Phi) is 4.79. The highest BCUT2D eigenvalue weighted by Crippen LogP contribution is 2.36. The maximum atomic E-state index is 12.6. The number of fused-ring (bicyclic) bond motifs is 1. The molecule has 5 heteroatoms. The summed E-state index contributed by atoms with van der Waals surface area (Å²) >= 11 is 0. The summed E-state index contributed by atoms with van der Waals surface area (Å²) < 4.78 is 0. The van der Waals surface area contributed by atoms with Crippen molar-refractivity contribution in [1.82, 2.24) is 10.2 Å². The van der Waals surface area contributed by atoms with E-state index in [1.54, 1.807) is 0 Å². The number of piperidine rings is 1. The minimum atomic E-state index is -0.868. The number of urea groups is 1. The summed E-state index contributed by atoms with van der Waals surface area (Å²) in [6.07, 6.45) is 5.79. The van der Waals surface area contributed by atoms with Crippen molar-refractivity contribution < 1.29 is 14.7 Å². The van der Waals surface area contributed by atoms with Crippen LogP contribution in [0.3, 0.4) is 0 Å². The van der Waals surface area contributed by atoms with Crippen LogP contribution < -0.4 is 5.32 Å². The molecule has 1 heterocycles. The average molecular weight is 296 g/mol. The van der Waals surface area contributed by atoms with Crippen LogP contribution in [-0.4, -0.2) is 40.6 Å². The number of carboxylic acids is 1. The molecule has 1 aliphatic heterocycles. The molecule has 21 heavy (non-hydrogen) atoms. The van der Waals surface area contributed by atoms with Crippen molar-refractivity contribution in [2.75, 3.05) is 6.54 Å². The predicted molar refractivity (Wildman–Crippen MR) is 81.1 cm³/mol. The SMILES string of the molecule is CC(C)(C)C(CC(=O)O)NC(=O)N1CCCC2CCCC21. The first-order valence-corrected chi connectivity index (χ1v) is 8.08. The third-order valence-corrected chi connectivity index (χ3v) is 4.98. The summed E-state index contributed by atoms with van der Waals surface area (Å²) in [6, 6.07) is -0.0544. The largest absolute Gasteiger partial charge is 0.481 e. The Hall–Kier alpha value is -1.26. The summed E-state index contributed by atoms with van der Waals surface area (Å²) in [4.78, 5) is 25.6. The normalized spacial score (nSPS) is 27.1. The van der Waals surface area contributed by atoms with E-state index in [0.29, 0.717) is 12.0 Å².